The predicted molar refractivity (Wildman–Crippen MR) is 48.0 cm³/mol. The Hall–Kier alpha value is -0.330. The first kappa shape index (κ1) is 13.7. The van der Waals surface area contributed by atoms with Gasteiger partial charge in [0, 0.05) is 0 Å². The zero-order valence-corrected chi connectivity index (χ0v) is 8.82. The lowest BCUT2D eigenvalue weighted by Crippen LogP contribution is -2.58. The third-order valence-corrected chi connectivity index (χ3v) is 2.55. The van der Waals surface area contributed by atoms with E-state index in [1.165, 1.54) is 0 Å². The molecule has 0 aromatic carbocycles. The van der Waals surface area contributed by atoms with Gasteiger partial charge in [0.15, 0.2) is 6.29 Å². The van der Waals surface area contributed by atoms with Crippen LogP contribution in [0.1, 0.15) is 0 Å². The molecule has 6 N–H and O–H groups in total. The molecule has 96 valence electrons. The fraction of sp³-hybridized carbons (Fsp3) is 1.00. The molecule has 1 heterocycles. The van der Waals surface area contributed by atoms with E-state index in [-0.39, 0.29) is 0 Å². The lowest BCUT2D eigenvalue weighted by molar-refractivity contribution is -0.285. The van der Waals surface area contributed by atoms with Crippen molar-refractivity contribution in [2.24, 2.45) is 5.14 Å². The molecule has 1 rings (SSSR count). The van der Waals surface area contributed by atoms with Gasteiger partial charge in [0.25, 0.3) is 0 Å². The second-order valence-electron chi connectivity index (χ2n) is 3.31. The number of aliphatic hydroxyl groups is 4. The van der Waals surface area contributed by atoms with Gasteiger partial charge >= 0.3 is 10.3 Å². The highest BCUT2D eigenvalue weighted by Gasteiger charge is 2.43. The first-order valence-corrected chi connectivity index (χ1v) is 5.74. The Labute approximate surface area is 91.3 Å². The third kappa shape index (κ3) is 3.33. The molecule has 10 heteroatoms. The molecule has 0 radical (unpaired) electrons. The van der Waals surface area contributed by atoms with E-state index in [1.807, 2.05) is 0 Å². The summed E-state index contributed by atoms with van der Waals surface area (Å²) in [4.78, 5) is 0. The van der Waals surface area contributed by atoms with Crippen molar-refractivity contribution >= 4 is 10.3 Å². The lowest BCUT2D eigenvalue weighted by atomic mass is 10.00. The zero-order valence-electron chi connectivity index (χ0n) is 8.00. The summed E-state index contributed by atoms with van der Waals surface area (Å²) < 4.78 is 29.7. The topological polar surface area (TPSA) is 160 Å². The van der Waals surface area contributed by atoms with Gasteiger partial charge in [0.1, 0.15) is 24.4 Å². The number of hydrogen-bond donors (Lipinski definition) is 5. The summed E-state index contributed by atoms with van der Waals surface area (Å²) in [6.07, 6.45) is -8.00. The van der Waals surface area contributed by atoms with Crippen LogP contribution in [-0.4, -0.2) is 66.2 Å². The number of hydrogen-bond acceptors (Lipinski definition) is 8. The van der Waals surface area contributed by atoms with Gasteiger partial charge in [-0.05, 0) is 0 Å². The minimum absolute atomic E-state index is 0.680. The molecule has 1 unspecified atom stereocenters. The van der Waals surface area contributed by atoms with Gasteiger partial charge in [-0.25, -0.2) is 5.14 Å². The van der Waals surface area contributed by atoms with Crippen molar-refractivity contribution in [2.75, 3.05) is 6.61 Å². The first-order chi connectivity index (χ1) is 7.22. The number of aliphatic hydroxyl groups excluding tert-OH is 4. The van der Waals surface area contributed by atoms with Gasteiger partial charge in [-0.1, -0.05) is 0 Å². The minimum Gasteiger partial charge on any atom is -0.387 e. The Balaban J connectivity index is 2.61. The van der Waals surface area contributed by atoms with Crippen LogP contribution in [0.5, 0.6) is 0 Å². The highest BCUT2D eigenvalue weighted by Crippen LogP contribution is 2.20. The molecule has 1 aliphatic heterocycles. The molecule has 0 amide bonds. The predicted octanol–water partition coefficient (Wildman–Crippen LogP) is -3.99. The third-order valence-electron chi connectivity index (χ3n) is 2.08. The van der Waals surface area contributed by atoms with Crippen molar-refractivity contribution in [1.82, 2.24) is 0 Å². The number of rotatable bonds is 3. The smallest absolute Gasteiger partial charge is 0.333 e. The van der Waals surface area contributed by atoms with Crippen LogP contribution in [0.3, 0.4) is 0 Å². The Kier molecular flexibility index (Phi) is 4.20. The average Bonchev–Trinajstić information content (AvgIpc) is 2.17. The molecule has 0 spiro atoms. The van der Waals surface area contributed by atoms with Crippen molar-refractivity contribution in [3.05, 3.63) is 0 Å². The van der Waals surface area contributed by atoms with Crippen molar-refractivity contribution < 1.29 is 37.8 Å². The molecule has 1 saturated heterocycles. The van der Waals surface area contributed by atoms with Crippen molar-refractivity contribution in [1.29, 1.82) is 0 Å². The largest absolute Gasteiger partial charge is 0.387 e. The van der Waals surface area contributed by atoms with Crippen LogP contribution >= 0.6 is 0 Å². The fourth-order valence-corrected chi connectivity index (χ4v) is 1.55. The van der Waals surface area contributed by atoms with Crippen LogP contribution in [0.25, 0.3) is 0 Å². The van der Waals surface area contributed by atoms with Crippen molar-refractivity contribution in [3.8, 4) is 0 Å². The molecule has 0 aromatic heterocycles. The molecular formula is C6H13NO8S. The van der Waals surface area contributed by atoms with Crippen LogP contribution < -0.4 is 5.14 Å². The summed E-state index contributed by atoms with van der Waals surface area (Å²) in [6.45, 7) is -0.680. The van der Waals surface area contributed by atoms with E-state index in [9.17, 15) is 18.6 Å². The summed E-state index contributed by atoms with van der Waals surface area (Å²) in [6, 6.07) is 0. The fourth-order valence-electron chi connectivity index (χ4n) is 1.23. The summed E-state index contributed by atoms with van der Waals surface area (Å²) in [5.74, 6) is 0. The second kappa shape index (κ2) is 4.89. The maximum absolute atomic E-state index is 10.5. The Morgan fingerprint density at radius 2 is 1.69 bits per heavy atom. The number of nitrogens with two attached hydrogens (primary N) is 1. The van der Waals surface area contributed by atoms with E-state index in [0.29, 0.717) is 0 Å². The van der Waals surface area contributed by atoms with E-state index in [1.54, 1.807) is 0 Å². The van der Waals surface area contributed by atoms with E-state index in [2.05, 4.69) is 14.1 Å². The molecular weight excluding hydrogens is 246 g/mol. The molecule has 0 aliphatic carbocycles. The van der Waals surface area contributed by atoms with Gasteiger partial charge in [-0.2, -0.15) is 8.42 Å². The average molecular weight is 259 g/mol. The van der Waals surface area contributed by atoms with Gasteiger partial charge in [-0.15, -0.1) is 0 Å². The summed E-state index contributed by atoms with van der Waals surface area (Å²) in [7, 11) is -4.21. The highest BCUT2D eigenvalue weighted by molar-refractivity contribution is 7.84. The van der Waals surface area contributed by atoms with E-state index in [4.69, 9.17) is 10.2 Å². The van der Waals surface area contributed by atoms with Crippen LogP contribution in [0, 0.1) is 0 Å². The summed E-state index contributed by atoms with van der Waals surface area (Å²) in [5, 5.41) is 41.3. The Morgan fingerprint density at radius 3 is 2.19 bits per heavy atom. The van der Waals surface area contributed by atoms with Crippen LogP contribution in [0.15, 0.2) is 0 Å². The minimum atomic E-state index is -4.21. The maximum atomic E-state index is 10.5. The molecule has 1 fully saturated rings. The van der Waals surface area contributed by atoms with Crippen molar-refractivity contribution in [3.63, 3.8) is 0 Å². The van der Waals surface area contributed by atoms with Gasteiger partial charge in [-0.3, -0.25) is 4.18 Å². The van der Waals surface area contributed by atoms with Gasteiger partial charge in [0.2, 0.25) is 0 Å². The van der Waals surface area contributed by atoms with Gasteiger partial charge < -0.3 is 25.2 Å². The maximum Gasteiger partial charge on any atom is 0.333 e. The van der Waals surface area contributed by atoms with E-state index >= 15 is 0 Å². The normalized spacial score (nSPS) is 40.9. The monoisotopic (exact) mass is 259 g/mol. The molecule has 16 heavy (non-hydrogen) atoms. The molecule has 5 atom stereocenters. The standard InChI is InChI=1S/C6H13NO8S/c7-16(12,13)14-1-2-3(8)4(9)5(10)6(11)15-2/h2-6,8-11H,1H2,(H2,7,12,13)/t2-,3-,4+,5+,6?/m1/s1. The van der Waals surface area contributed by atoms with Crippen LogP contribution in [0.2, 0.25) is 0 Å². The lowest BCUT2D eigenvalue weighted by Gasteiger charge is -2.37. The van der Waals surface area contributed by atoms with E-state index in [0.717, 1.165) is 0 Å². The molecule has 1 aliphatic rings. The zero-order chi connectivity index (χ0) is 12.5. The van der Waals surface area contributed by atoms with Crippen LogP contribution in [0.4, 0.5) is 0 Å². The van der Waals surface area contributed by atoms with Crippen molar-refractivity contribution in [2.45, 2.75) is 30.7 Å². The molecule has 0 saturated carbocycles. The van der Waals surface area contributed by atoms with E-state index < -0.39 is 47.6 Å². The first-order valence-electron chi connectivity index (χ1n) is 4.27. The summed E-state index contributed by atoms with van der Waals surface area (Å²) >= 11 is 0. The highest BCUT2D eigenvalue weighted by atomic mass is 32.2. The molecule has 0 aromatic rings. The second-order valence-corrected chi connectivity index (χ2v) is 4.54. The molecule has 9 nitrogen and oxygen atoms in total. The van der Waals surface area contributed by atoms with Gasteiger partial charge in [0.05, 0.1) is 6.61 Å². The Bertz CT molecular complexity index is 331. The SMILES string of the molecule is NS(=O)(=O)OC[C@H]1OC(O)[C@@H](O)[C@@H](O)[C@@H]1O. The molecule has 0 bridgehead atoms. The quantitative estimate of drug-likeness (QED) is 0.343. The van der Waals surface area contributed by atoms with Crippen LogP contribution in [-0.2, 0) is 19.2 Å². The Morgan fingerprint density at radius 1 is 1.12 bits per heavy atom. The number of ether oxygens (including phenoxy) is 1. The summed E-state index contributed by atoms with van der Waals surface area (Å²) in [5.41, 5.74) is 0.